The van der Waals surface area contributed by atoms with Crippen molar-refractivity contribution in [3.8, 4) is 6.07 Å². The summed E-state index contributed by atoms with van der Waals surface area (Å²) < 4.78 is 44.2. The zero-order valence-electron chi connectivity index (χ0n) is 16.6. The number of nitriles is 1. The van der Waals surface area contributed by atoms with Crippen molar-refractivity contribution < 1.29 is 37.5 Å². The first-order valence-electron chi connectivity index (χ1n) is 9.02. The average Bonchev–Trinajstić information content (AvgIpc) is 2.74. The number of urea groups is 1. The normalized spacial score (nSPS) is 16.2. The van der Waals surface area contributed by atoms with E-state index in [9.17, 15) is 32.9 Å². The zero-order valence-corrected chi connectivity index (χ0v) is 16.6. The number of nitrogens with one attached hydrogen (secondary N) is 1. The maximum absolute atomic E-state index is 13.1. The van der Waals surface area contributed by atoms with E-state index >= 15 is 0 Å². The van der Waals surface area contributed by atoms with E-state index in [-0.39, 0.29) is 22.5 Å². The van der Waals surface area contributed by atoms with Gasteiger partial charge in [-0.25, -0.2) is 9.59 Å². The fourth-order valence-electron chi connectivity index (χ4n) is 3.32. The standard InChI is InChI=1S/C20H13F3N4O6/c1-10-17(33-19(29)30)16(14-6-5-11(9-24)7-15(14)27(31)32)25-18(28)26(10)13-4-2-3-12(8-13)20(21,22)23/h2-8,16H,1H3,(H,25,28)(H,29,30)/t16-/m0/s1. The predicted molar refractivity (Wildman–Crippen MR) is 105 cm³/mol. The van der Waals surface area contributed by atoms with Gasteiger partial charge >= 0.3 is 18.4 Å². The van der Waals surface area contributed by atoms with E-state index in [4.69, 9.17) is 15.1 Å². The molecule has 2 aromatic carbocycles. The second kappa shape index (κ2) is 8.50. The molecular formula is C20H13F3N4O6. The van der Waals surface area contributed by atoms with E-state index in [1.165, 1.54) is 19.1 Å². The lowest BCUT2D eigenvalue weighted by atomic mass is 9.98. The third kappa shape index (κ3) is 4.54. The maximum Gasteiger partial charge on any atom is 0.511 e. The Morgan fingerprint density at radius 2 is 2.00 bits per heavy atom. The van der Waals surface area contributed by atoms with Gasteiger partial charge in [-0.05, 0) is 37.3 Å². The lowest BCUT2D eigenvalue weighted by molar-refractivity contribution is -0.385. The number of nitrogens with zero attached hydrogens (tertiary/aromatic N) is 3. The van der Waals surface area contributed by atoms with E-state index in [0.717, 1.165) is 29.2 Å². The monoisotopic (exact) mass is 462 g/mol. The van der Waals surface area contributed by atoms with Crippen molar-refractivity contribution in [3.05, 3.63) is 80.7 Å². The van der Waals surface area contributed by atoms with Gasteiger partial charge in [-0.15, -0.1) is 0 Å². The van der Waals surface area contributed by atoms with Gasteiger partial charge in [0.15, 0.2) is 5.76 Å². The van der Waals surface area contributed by atoms with Crippen molar-refractivity contribution in [2.24, 2.45) is 0 Å². The summed E-state index contributed by atoms with van der Waals surface area (Å²) in [6.45, 7) is 1.22. The number of amides is 2. The first-order valence-corrected chi connectivity index (χ1v) is 9.02. The number of alkyl halides is 3. The molecular weight excluding hydrogens is 449 g/mol. The van der Waals surface area contributed by atoms with Gasteiger partial charge in [0.25, 0.3) is 5.69 Å². The molecule has 0 aromatic heterocycles. The van der Waals surface area contributed by atoms with Crippen LogP contribution in [0.25, 0.3) is 0 Å². The summed E-state index contributed by atoms with van der Waals surface area (Å²) in [6, 6.07) is 6.34. The first kappa shape index (κ1) is 23.1. The van der Waals surface area contributed by atoms with Crippen molar-refractivity contribution in [1.82, 2.24) is 5.32 Å². The molecule has 2 N–H and O–H groups in total. The second-order valence-electron chi connectivity index (χ2n) is 6.73. The highest BCUT2D eigenvalue weighted by Crippen LogP contribution is 2.39. The number of nitro groups is 1. The molecule has 0 fully saturated rings. The molecule has 0 spiro atoms. The van der Waals surface area contributed by atoms with Crippen molar-refractivity contribution in [2.75, 3.05) is 4.90 Å². The van der Waals surface area contributed by atoms with Crippen LogP contribution in [0.5, 0.6) is 0 Å². The molecule has 33 heavy (non-hydrogen) atoms. The Bertz CT molecular complexity index is 1240. The molecule has 0 aliphatic carbocycles. The topological polar surface area (TPSA) is 146 Å². The molecule has 0 saturated carbocycles. The number of ether oxygens (including phenoxy) is 1. The summed E-state index contributed by atoms with van der Waals surface area (Å²) in [4.78, 5) is 35.6. The fourth-order valence-corrected chi connectivity index (χ4v) is 3.32. The summed E-state index contributed by atoms with van der Waals surface area (Å²) >= 11 is 0. The predicted octanol–water partition coefficient (Wildman–Crippen LogP) is 4.68. The molecule has 170 valence electrons. The Kier molecular flexibility index (Phi) is 5.94. The van der Waals surface area contributed by atoms with Crippen molar-refractivity contribution >= 4 is 23.6 Å². The van der Waals surface area contributed by atoms with Crippen molar-refractivity contribution in [3.63, 3.8) is 0 Å². The fraction of sp³-hybridized carbons (Fsp3) is 0.150. The number of anilines is 1. The van der Waals surface area contributed by atoms with E-state index in [1.807, 2.05) is 0 Å². The summed E-state index contributed by atoms with van der Waals surface area (Å²) in [5.74, 6) is -0.465. The molecule has 1 atom stereocenters. The molecule has 2 amide bonds. The smallest absolute Gasteiger partial charge is 0.449 e. The molecule has 0 saturated heterocycles. The van der Waals surface area contributed by atoms with Gasteiger partial charge in [0.05, 0.1) is 39.1 Å². The van der Waals surface area contributed by atoms with E-state index in [2.05, 4.69) is 5.32 Å². The number of carbonyl (C=O) groups excluding carboxylic acids is 1. The quantitative estimate of drug-likeness (QED) is 0.381. The summed E-state index contributed by atoms with van der Waals surface area (Å²) in [7, 11) is 0. The zero-order chi connectivity index (χ0) is 24.5. The number of rotatable bonds is 4. The molecule has 0 unspecified atom stereocenters. The van der Waals surface area contributed by atoms with Crippen LogP contribution in [0.4, 0.5) is 34.1 Å². The second-order valence-corrected chi connectivity index (χ2v) is 6.73. The van der Waals surface area contributed by atoms with Gasteiger partial charge in [-0.1, -0.05) is 6.07 Å². The average molecular weight is 462 g/mol. The summed E-state index contributed by atoms with van der Waals surface area (Å²) in [6.07, 6.45) is -6.52. The van der Waals surface area contributed by atoms with Gasteiger partial charge in [0, 0.05) is 6.07 Å². The summed E-state index contributed by atoms with van der Waals surface area (Å²) in [5, 5.41) is 32.0. The van der Waals surface area contributed by atoms with Crippen LogP contribution in [0, 0.1) is 21.4 Å². The van der Waals surface area contributed by atoms with Gasteiger partial charge in [-0.3, -0.25) is 15.0 Å². The lowest BCUT2D eigenvalue weighted by Gasteiger charge is -2.34. The van der Waals surface area contributed by atoms with Crippen LogP contribution in [0.2, 0.25) is 0 Å². The van der Waals surface area contributed by atoms with Crippen LogP contribution in [0.1, 0.15) is 29.7 Å². The van der Waals surface area contributed by atoms with Crippen LogP contribution >= 0.6 is 0 Å². The number of allylic oxidation sites excluding steroid dienone is 1. The number of carbonyl (C=O) groups is 2. The highest BCUT2D eigenvalue weighted by Gasteiger charge is 2.39. The molecule has 0 radical (unpaired) electrons. The maximum atomic E-state index is 13.1. The minimum Gasteiger partial charge on any atom is -0.449 e. The number of hydrogen-bond donors (Lipinski definition) is 2. The summed E-state index contributed by atoms with van der Waals surface area (Å²) in [5.41, 5.74) is -2.33. The van der Waals surface area contributed by atoms with Crippen LogP contribution < -0.4 is 10.2 Å². The minimum absolute atomic E-state index is 0.0559. The van der Waals surface area contributed by atoms with Gasteiger partial charge < -0.3 is 15.2 Å². The third-order valence-electron chi connectivity index (χ3n) is 4.72. The van der Waals surface area contributed by atoms with E-state index in [0.29, 0.717) is 6.07 Å². The highest BCUT2D eigenvalue weighted by molar-refractivity contribution is 5.97. The van der Waals surface area contributed by atoms with E-state index < -0.39 is 46.3 Å². The SMILES string of the molecule is CC1=C(OC(=O)O)[C@H](c2ccc(C#N)cc2[N+](=O)[O-])NC(=O)N1c1cccc(C(F)(F)F)c1. The largest absolute Gasteiger partial charge is 0.511 e. The Balaban J connectivity index is 2.19. The molecule has 13 heteroatoms. The minimum atomic E-state index is -4.70. The molecule has 1 aliphatic rings. The van der Waals surface area contributed by atoms with Gasteiger partial charge in [0.2, 0.25) is 0 Å². The van der Waals surface area contributed by atoms with Gasteiger partial charge in [-0.2, -0.15) is 18.4 Å². The lowest BCUT2D eigenvalue weighted by Crippen LogP contribution is -2.47. The molecule has 1 aliphatic heterocycles. The van der Waals surface area contributed by atoms with Crippen LogP contribution in [-0.4, -0.2) is 22.2 Å². The Labute approximate surface area is 183 Å². The molecule has 3 rings (SSSR count). The Morgan fingerprint density at radius 3 is 2.58 bits per heavy atom. The van der Waals surface area contributed by atoms with Gasteiger partial charge in [0.1, 0.15) is 6.04 Å². The molecule has 2 aromatic rings. The third-order valence-corrected chi connectivity index (χ3v) is 4.72. The number of hydrogen-bond acceptors (Lipinski definition) is 6. The van der Waals surface area contributed by atoms with Crippen molar-refractivity contribution in [1.29, 1.82) is 5.26 Å². The molecule has 1 heterocycles. The Morgan fingerprint density at radius 1 is 1.30 bits per heavy atom. The van der Waals surface area contributed by atoms with Crippen LogP contribution in [0.15, 0.2) is 53.9 Å². The number of carboxylic acid groups (broad SMARTS) is 1. The van der Waals surface area contributed by atoms with Crippen LogP contribution in [-0.2, 0) is 10.9 Å². The Hall–Kier alpha value is -4.60. The first-order chi connectivity index (χ1) is 15.4. The number of nitro benzene ring substituents is 1. The number of benzene rings is 2. The number of halogens is 3. The molecule has 10 nitrogen and oxygen atoms in total. The van der Waals surface area contributed by atoms with E-state index in [1.54, 1.807) is 6.07 Å². The van der Waals surface area contributed by atoms with Crippen LogP contribution in [0.3, 0.4) is 0 Å². The molecule has 0 bridgehead atoms. The highest BCUT2D eigenvalue weighted by atomic mass is 19.4. The van der Waals surface area contributed by atoms with Crippen molar-refractivity contribution in [2.45, 2.75) is 19.1 Å².